The van der Waals surface area contributed by atoms with Gasteiger partial charge in [0.05, 0.1) is 0 Å². The van der Waals surface area contributed by atoms with Crippen LogP contribution < -0.4 is 0 Å². The first kappa shape index (κ1) is 15.7. The van der Waals surface area contributed by atoms with E-state index in [9.17, 15) is 4.79 Å². The minimum absolute atomic E-state index is 0. The first-order chi connectivity index (χ1) is 2.27. The summed E-state index contributed by atoms with van der Waals surface area (Å²) in [7, 11) is 0. The van der Waals surface area contributed by atoms with Crippen LogP contribution in [0.5, 0.6) is 0 Å². The van der Waals surface area contributed by atoms with Gasteiger partial charge in [-0.05, 0) is 0 Å². The molecule has 0 heterocycles. The second kappa shape index (κ2) is 10.3. The Morgan fingerprint density at radius 3 is 2.00 bits per heavy atom. The summed E-state index contributed by atoms with van der Waals surface area (Å²) < 4.78 is 0. The molecule has 0 spiro atoms. The maximum absolute atomic E-state index is 9.25. The van der Waals surface area contributed by atoms with Crippen molar-refractivity contribution in [2.75, 3.05) is 0 Å². The SMILES string of the molecule is C=CC(=O)O.[Ca+2].[H-].[H-].[H-].[H-].[Mg+2]. The Labute approximate surface area is 94.1 Å². The first-order valence-corrected chi connectivity index (χ1v) is 1.12. The quantitative estimate of drug-likeness (QED) is 0.410. The van der Waals surface area contributed by atoms with Gasteiger partial charge < -0.3 is 10.8 Å². The molecular weight excluding hydrogens is 132 g/mol. The summed E-state index contributed by atoms with van der Waals surface area (Å²) in [6, 6.07) is 0. The molecule has 0 aromatic rings. The van der Waals surface area contributed by atoms with Crippen molar-refractivity contribution in [1.29, 1.82) is 0 Å². The second-order valence-electron chi connectivity index (χ2n) is 0.542. The van der Waals surface area contributed by atoms with Gasteiger partial charge in [0.25, 0.3) is 0 Å². The Morgan fingerprint density at radius 1 is 1.86 bits per heavy atom. The van der Waals surface area contributed by atoms with E-state index in [1.165, 1.54) is 0 Å². The van der Waals surface area contributed by atoms with Gasteiger partial charge >= 0.3 is 66.8 Å². The number of hydrogen-bond acceptors (Lipinski definition) is 1. The topological polar surface area (TPSA) is 37.3 Å². The molecule has 0 aromatic carbocycles. The van der Waals surface area contributed by atoms with Crippen molar-refractivity contribution >= 4 is 66.8 Å². The van der Waals surface area contributed by atoms with Crippen LogP contribution in [-0.2, 0) is 4.79 Å². The molecule has 0 fully saturated rings. The number of carboxylic acid groups (broad SMARTS) is 1. The summed E-state index contributed by atoms with van der Waals surface area (Å²) in [5, 5.41) is 7.60. The van der Waals surface area contributed by atoms with Crippen LogP contribution in [-0.4, -0.2) is 71.9 Å². The molecule has 0 radical (unpaired) electrons. The average molecular weight is 140 g/mol. The Bertz CT molecular complexity index is 74.4. The first-order valence-electron chi connectivity index (χ1n) is 1.12. The van der Waals surface area contributed by atoms with E-state index in [1.54, 1.807) is 0 Å². The predicted octanol–water partition coefficient (Wildman–Crippen LogP) is -0.0546. The van der Waals surface area contributed by atoms with Crippen LogP contribution >= 0.6 is 0 Å². The van der Waals surface area contributed by atoms with Crippen molar-refractivity contribution in [3.63, 3.8) is 0 Å². The van der Waals surface area contributed by atoms with Gasteiger partial charge in [-0.15, -0.1) is 0 Å². The smallest absolute Gasteiger partial charge is 1.00 e. The van der Waals surface area contributed by atoms with Crippen molar-refractivity contribution < 1.29 is 15.6 Å². The summed E-state index contributed by atoms with van der Waals surface area (Å²) in [5.41, 5.74) is 0. The molecule has 0 amide bonds. The van der Waals surface area contributed by atoms with Crippen LogP contribution in [0.3, 0.4) is 0 Å². The fraction of sp³-hybridized carbons (Fsp3) is 0. The van der Waals surface area contributed by atoms with E-state index in [1.807, 2.05) is 0 Å². The molecule has 0 atom stereocenters. The zero-order chi connectivity index (χ0) is 4.28. The molecule has 0 aromatic heterocycles. The van der Waals surface area contributed by atoms with E-state index in [4.69, 9.17) is 5.11 Å². The van der Waals surface area contributed by atoms with Gasteiger partial charge in [0, 0.05) is 6.08 Å². The monoisotopic (exact) mass is 140 g/mol. The molecule has 4 heteroatoms. The molecule has 0 rings (SSSR count). The number of aliphatic carboxylic acids is 1. The zero-order valence-corrected chi connectivity index (χ0v) is 7.68. The van der Waals surface area contributed by atoms with E-state index in [2.05, 4.69) is 6.58 Å². The van der Waals surface area contributed by atoms with E-state index < -0.39 is 5.97 Å². The maximum atomic E-state index is 9.25. The van der Waals surface area contributed by atoms with Crippen LogP contribution in [0.1, 0.15) is 5.71 Å². The van der Waals surface area contributed by atoms with Crippen LogP contribution in [0.25, 0.3) is 0 Å². The number of carboxylic acids is 1. The van der Waals surface area contributed by atoms with Gasteiger partial charge in [-0.25, -0.2) is 4.79 Å². The van der Waals surface area contributed by atoms with Crippen molar-refractivity contribution in [2.24, 2.45) is 0 Å². The van der Waals surface area contributed by atoms with E-state index in [-0.39, 0.29) is 66.5 Å². The largest absolute Gasteiger partial charge is 2.00 e. The van der Waals surface area contributed by atoms with Crippen molar-refractivity contribution in [3.05, 3.63) is 12.7 Å². The molecular formula is C3H8CaMgO2. The molecule has 0 aliphatic carbocycles. The average Bonchev–Trinajstić information content (AvgIpc) is 1.38. The molecule has 0 aliphatic heterocycles. The third-order valence-electron chi connectivity index (χ3n) is 0.175. The molecule has 0 aliphatic rings. The van der Waals surface area contributed by atoms with E-state index in [0.29, 0.717) is 0 Å². The van der Waals surface area contributed by atoms with Gasteiger partial charge in [-0.2, -0.15) is 0 Å². The summed E-state index contributed by atoms with van der Waals surface area (Å²) in [4.78, 5) is 9.25. The normalized spacial score (nSPS) is 4.57. The zero-order valence-electron chi connectivity index (χ0n) is 8.05. The van der Waals surface area contributed by atoms with E-state index >= 15 is 0 Å². The maximum Gasteiger partial charge on any atom is 2.00 e. The Kier molecular flexibility index (Phi) is 23.1. The number of hydrogen-bond donors (Lipinski definition) is 1. The Morgan fingerprint density at radius 2 is 2.00 bits per heavy atom. The predicted molar refractivity (Wildman–Crippen MR) is 33.8 cm³/mol. The molecule has 1 N–H and O–H groups in total. The Hall–Kier alpha value is 1.24. The van der Waals surface area contributed by atoms with Gasteiger partial charge in [-0.1, -0.05) is 6.58 Å². The van der Waals surface area contributed by atoms with Crippen LogP contribution in [0.4, 0.5) is 0 Å². The molecule has 0 unspecified atom stereocenters. The van der Waals surface area contributed by atoms with Crippen molar-refractivity contribution in [1.82, 2.24) is 0 Å². The molecule has 36 valence electrons. The van der Waals surface area contributed by atoms with Gasteiger partial charge in [0.1, 0.15) is 0 Å². The fourth-order valence-electron chi connectivity index (χ4n) is 0. The molecule has 7 heavy (non-hydrogen) atoms. The van der Waals surface area contributed by atoms with Crippen LogP contribution in [0.2, 0.25) is 0 Å². The molecule has 0 saturated carbocycles. The van der Waals surface area contributed by atoms with E-state index in [0.717, 1.165) is 6.08 Å². The second-order valence-corrected chi connectivity index (χ2v) is 0.542. The molecule has 0 saturated heterocycles. The van der Waals surface area contributed by atoms with Crippen molar-refractivity contribution in [3.8, 4) is 0 Å². The van der Waals surface area contributed by atoms with Gasteiger partial charge in [-0.3, -0.25) is 0 Å². The van der Waals surface area contributed by atoms with Gasteiger partial charge in [0.15, 0.2) is 0 Å². The molecule has 2 nitrogen and oxygen atoms in total. The number of rotatable bonds is 1. The van der Waals surface area contributed by atoms with Crippen LogP contribution in [0, 0.1) is 0 Å². The minimum Gasteiger partial charge on any atom is -1.00 e. The third kappa shape index (κ3) is 18.9. The van der Waals surface area contributed by atoms with Gasteiger partial charge in [0.2, 0.25) is 0 Å². The standard InChI is InChI=1S/C3H4O2.Ca.Mg.4H/c1-2-3(4)5;;;;;;/h2H,1H2,(H,4,5);;;;;;/q;2*+2;4*-1. The minimum atomic E-state index is -0.981. The third-order valence-corrected chi connectivity index (χ3v) is 0.175. The van der Waals surface area contributed by atoms with Crippen LogP contribution in [0.15, 0.2) is 12.7 Å². The number of carbonyl (C=O) groups is 1. The summed E-state index contributed by atoms with van der Waals surface area (Å²) in [6.07, 6.45) is 0.833. The Balaban J connectivity index is -0.00000000533. The fourth-order valence-corrected chi connectivity index (χ4v) is 0. The van der Waals surface area contributed by atoms with Crippen molar-refractivity contribution in [2.45, 2.75) is 0 Å². The summed E-state index contributed by atoms with van der Waals surface area (Å²) >= 11 is 0. The molecule has 0 bridgehead atoms. The summed E-state index contributed by atoms with van der Waals surface area (Å²) in [5.74, 6) is -0.981. The summed E-state index contributed by atoms with van der Waals surface area (Å²) in [6.45, 7) is 2.96.